The van der Waals surface area contributed by atoms with Gasteiger partial charge in [0, 0.05) is 11.5 Å². The van der Waals surface area contributed by atoms with Crippen LogP contribution in [0.2, 0.25) is 0 Å². The second-order valence-electron chi connectivity index (χ2n) is 5.11. The summed E-state index contributed by atoms with van der Waals surface area (Å²) in [5.74, 6) is 0.241. The van der Waals surface area contributed by atoms with Crippen LogP contribution in [0.1, 0.15) is 35.7 Å². The molecule has 0 saturated carbocycles. The van der Waals surface area contributed by atoms with Crippen LogP contribution >= 0.6 is 0 Å². The molecule has 19 heavy (non-hydrogen) atoms. The fourth-order valence-corrected chi connectivity index (χ4v) is 2.81. The van der Waals surface area contributed by atoms with E-state index in [1.807, 2.05) is 24.3 Å². The van der Waals surface area contributed by atoms with Gasteiger partial charge in [0.05, 0.1) is 0 Å². The van der Waals surface area contributed by atoms with E-state index in [-0.39, 0.29) is 5.92 Å². The Bertz CT molecular complexity index is 720. The molecule has 0 amide bonds. The van der Waals surface area contributed by atoms with Crippen LogP contribution in [-0.4, -0.2) is 6.29 Å². The second-order valence-corrected chi connectivity index (χ2v) is 5.11. The monoisotopic (exact) mass is 248 g/mol. The second kappa shape index (κ2) is 4.51. The van der Waals surface area contributed by atoms with Gasteiger partial charge in [-0.05, 0) is 30.2 Å². The van der Waals surface area contributed by atoms with Crippen LogP contribution in [0.15, 0.2) is 59.7 Å². The van der Waals surface area contributed by atoms with Crippen molar-refractivity contribution in [1.29, 1.82) is 0 Å². The van der Waals surface area contributed by atoms with Crippen LogP contribution in [0.5, 0.6) is 0 Å². The summed E-state index contributed by atoms with van der Waals surface area (Å²) in [5.41, 5.74) is 4.56. The number of hydrogen-bond donors (Lipinski definition) is 0. The van der Waals surface area contributed by atoms with E-state index in [9.17, 15) is 4.79 Å². The summed E-state index contributed by atoms with van der Waals surface area (Å²) >= 11 is 0. The van der Waals surface area contributed by atoms with Gasteiger partial charge in [0.2, 0.25) is 0 Å². The summed E-state index contributed by atoms with van der Waals surface area (Å²) in [6.07, 6.45) is 5.32. The predicted octanol–water partition coefficient (Wildman–Crippen LogP) is 4.64. The third-order valence-electron chi connectivity index (χ3n) is 4.08. The molecule has 1 aliphatic rings. The number of hydrogen-bond acceptors (Lipinski definition) is 1. The van der Waals surface area contributed by atoms with E-state index in [1.165, 1.54) is 11.1 Å². The lowest BCUT2D eigenvalue weighted by atomic mass is 9.88. The van der Waals surface area contributed by atoms with Crippen molar-refractivity contribution >= 4 is 17.1 Å². The molecule has 3 rings (SSSR count). The van der Waals surface area contributed by atoms with Gasteiger partial charge < -0.3 is 0 Å². The molecule has 0 aliphatic heterocycles. The van der Waals surface area contributed by atoms with Crippen LogP contribution in [0.4, 0.5) is 0 Å². The summed E-state index contributed by atoms with van der Waals surface area (Å²) in [6, 6.07) is 12.2. The molecule has 2 aromatic carbocycles. The molecule has 94 valence electrons. The summed E-state index contributed by atoms with van der Waals surface area (Å²) in [5, 5.41) is 2.16. The van der Waals surface area contributed by atoms with Gasteiger partial charge in [-0.3, -0.25) is 4.79 Å². The lowest BCUT2D eigenvalue weighted by Crippen LogP contribution is -2.01. The van der Waals surface area contributed by atoms with E-state index in [2.05, 4.69) is 38.1 Å². The van der Waals surface area contributed by atoms with Gasteiger partial charge in [0.15, 0.2) is 6.29 Å². The first-order valence-electron chi connectivity index (χ1n) is 6.55. The van der Waals surface area contributed by atoms with E-state index in [4.69, 9.17) is 0 Å². The van der Waals surface area contributed by atoms with Crippen molar-refractivity contribution in [3.05, 3.63) is 70.8 Å². The molecule has 0 fully saturated rings. The number of benzene rings is 2. The van der Waals surface area contributed by atoms with E-state index in [1.54, 1.807) is 0 Å². The normalized spacial score (nSPS) is 18.3. The maximum atomic E-state index is 11.5. The maximum absolute atomic E-state index is 11.5. The number of aldehydes is 1. The Hall–Kier alpha value is -2.15. The lowest BCUT2D eigenvalue weighted by Gasteiger charge is -2.15. The molecule has 0 heterocycles. The highest BCUT2D eigenvalue weighted by molar-refractivity contribution is 6.00. The largest absolute Gasteiger partial charge is 0.298 e. The maximum Gasteiger partial charge on any atom is 0.150 e. The molecule has 0 spiro atoms. The van der Waals surface area contributed by atoms with Crippen LogP contribution in [0, 0.1) is 0 Å². The van der Waals surface area contributed by atoms with Crippen LogP contribution in [-0.2, 0) is 0 Å². The van der Waals surface area contributed by atoms with Gasteiger partial charge in [-0.1, -0.05) is 59.7 Å². The topological polar surface area (TPSA) is 17.1 Å². The molecule has 0 aromatic heterocycles. The minimum atomic E-state index is 0.241. The third-order valence-corrected chi connectivity index (χ3v) is 4.08. The lowest BCUT2D eigenvalue weighted by molar-refractivity contribution is 0.112. The Labute approximate surface area is 113 Å². The van der Waals surface area contributed by atoms with Gasteiger partial charge in [-0.2, -0.15) is 0 Å². The van der Waals surface area contributed by atoms with Crippen LogP contribution < -0.4 is 0 Å². The first kappa shape index (κ1) is 11.9. The first-order valence-corrected chi connectivity index (χ1v) is 6.55. The van der Waals surface area contributed by atoms with Crippen molar-refractivity contribution in [2.45, 2.75) is 19.8 Å². The number of carbonyl (C=O) groups excluding carboxylic acids is 1. The minimum Gasteiger partial charge on any atom is -0.298 e. The molecule has 1 nitrogen and oxygen atoms in total. The molecule has 1 atom stereocenters. The fourth-order valence-electron chi connectivity index (χ4n) is 2.81. The highest BCUT2D eigenvalue weighted by atomic mass is 16.1. The summed E-state index contributed by atoms with van der Waals surface area (Å²) in [4.78, 5) is 11.5. The van der Waals surface area contributed by atoms with E-state index in [0.717, 1.165) is 28.2 Å². The fraction of sp³-hybridized carbons (Fsp3) is 0.167. The standard InChI is InChI=1S/C18H16O/c1-12-7-9-15(13(12)2)17-10-8-14-5-3-4-6-16(14)18(17)11-19/h3-11,15H,1-2H3. The van der Waals surface area contributed by atoms with Crippen molar-refractivity contribution < 1.29 is 4.79 Å². The Morgan fingerprint density at radius 2 is 1.84 bits per heavy atom. The molecule has 0 saturated heterocycles. The van der Waals surface area contributed by atoms with Crippen molar-refractivity contribution in [2.75, 3.05) is 0 Å². The Morgan fingerprint density at radius 3 is 2.53 bits per heavy atom. The molecule has 1 heteroatoms. The average Bonchev–Trinajstić information content (AvgIpc) is 2.77. The smallest absolute Gasteiger partial charge is 0.150 e. The zero-order valence-electron chi connectivity index (χ0n) is 11.2. The highest BCUT2D eigenvalue weighted by Gasteiger charge is 2.20. The number of fused-ring (bicyclic) bond motifs is 1. The Balaban J connectivity index is 2.26. The van der Waals surface area contributed by atoms with Crippen LogP contribution in [0.3, 0.4) is 0 Å². The summed E-state index contributed by atoms with van der Waals surface area (Å²) < 4.78 is 0. The minimum absolute atomic E-state index is 0.241. The summed E-state index contributed by atoms with van der Waals surface area (Å²) in [7, 11) is 0. The molecule has 2 aromatic rings. The Morgan fingerprint density at radius 1 is 1.05 bits per heavy atom. The highest BCUT2D eigenvalue weighted by Crippen LogP contribution is 2.36. The van der Waals surface area contributed by atoms with Crippen molar-refractivity contribution in [1.82, 2.24) is 0 Å². The van der Waals surface area contributed by atoms with Gasteiger partial charge in [-0.25, -0.2) is 0 Å². The average molecular weight is 248 g/mol. The molecule has 0 bridgehead atoms. The number of carbonyl (C=O) groups is 1. The van der Waals surface area contributed by atoms with E-state index in [0.29, 0.717) is 0 Å². The molecular formula is C18H16O. The van der Waals surface area contributed by atoms with Gasteiger partial charge in [-0.15, -0.1) is 0 Å². The zero-order chi connectivity index (χ0) is 13.4. The van der Waals surface area contributed by atoms with Gasteiger partial charge in [0.1, 0.15) is 0 Å². The molecule has 0 radical (unpaired) electrons. The Kier molecular flexibility index (Phi) is 2.83. The zero-order valence-corrected chi connectivity index (χ0v) is 11.2. The molecule has 0 N–H and O–H groups in total. The van der Waals surface area contributed by atoms with Gasteiger partial charge in [0.25, 0.3) is 0 Å². The van der Waals surface area contributed by atoms with Crippen molar-refractivity contribution in [3.8, 4) is 0 Å². The van der Waals surface area contributed by atoms with Gasteiger partial charge >= 0.3 is 0 Å². The first-order chi connectivity index (χ1) is 9.22. The predicted molar refractivity (Wildman–Crippen MR) is 79.6 cm³/mol. The quantitative estimate of drug-likeness (QED) is 0.707. The van der Waals surface area contributed by atoms with Crippen molar-refractivity contribution in [2.24, 2.45) is 0 Å². The third kappa shape index (κ3) is 1.82. The molecule has 1 aliphatic carbocycles. The van der Waals surface area contributed by atoms with Crippen molar-refractivity contribution in [3.63, 3.8) is 0 Å². The number of rotatable bonds is 2. The molecule has 1 unspecified atom stereocenters. The number of allylic oxidation sites excluding steroid dienone is 4. The summed E-state index contributed by atoms with van der Waals surface area (Å²) in [6.45, 7) is 4.26. The SMILES string of the molecule is CC1=C(C)C(c2ccc3ccccc3c2C=O)C=C1. The molecular weight excluding hydrogens is 232 g/mol. The van der Waals surface area contributed by atoms with E-state index >= 15 is 0 Å². The van der Waals surface area contributed by atoms with Crippen LogP contribution in [0.25, 0.3) is 10.8 Å². The van der Waals surface area contributed by atoms with E-state index < -0.39 is 0 Å².